The van der Waals surface area contributed by atoms with Gasteiger partial charge in [0, 0.05) is 6.08 Å². The molecule has 0 saturated heterocycles. The fraction of sp³-hybridized carbons (Fsp3) is 0. The molecule has 0 rings (SSSR count). The minimum Gasteiger partial charge on any atom is -0.256 e. The summed E-state index contributed by atoms with van der Waals surface area (Å²) in [6.45, 7) is 2.96. The van der Waals surface area contributed by atoms with Crippen molar-refractivity contribution in [3.05, 3.63) is 22.8 Å². The normalized spacial score (nSPS) is 7.56. The van der Waals surface area contributed by atoms with Gasteiger partial charge in [0.15, 0.2) is 0 Å². The Kier molecular flexibility index (Phi) is 2.81. The van der Waals surface area contributed by atoms with Crippen LogP contribution in [-0.2, 0) is 14.7 Å². The molecular weight excluding hydrogens is 130 g/mol. The Morgan fingerprint density at radius 2 is 2.33 bits per heavy atom. The molecule has 0 aliphatic rings. The fourth-order valence-electron chi connectivity index (χ4n) is 0.101. The van der Waals surface area contributed by atoms with Crippen LogP contribution in [0.1, 0.15) is 0 Å². The molecule has 0 amide bonds. The van der Waals surface area contributed by atoms with Gasteiger partial charge in [-0.1, -0.05) is 11.6 Å². The van der Waals surface area contributed by atoms with Gasteiger partial charge in [-0.25, -0.2) is 4.79 Å². The fourth-order valence-corrected chi connectivity index (χ4v) is 0.101. The molecule has 9 heavy (non-hydrogen) atoms. The third-order valence-corrected chi connectivity index (χ3v) is 0.347. The first-order valence-electron chi connectivity index (χ1n) is 1.82. The highest BCUT2D eigenvalue weighted by Crippen LogP contribution is 1.80. The van der Waals surface area contributed by atoms with E-state index in [1.165, 1.54) is 0 Å². The Morgan fingerprint density at radius 3 is 2.67 bits per heavy atom. The summed E-state index contributed by atoms with van der Waals surface area (Å²) in [5, 5.41) is 8.04. The maximum absolute atomic E-state index is 9.95. The van der Waals surface area contributed by atoms with Crippen molar-refractivity contribution in [2.45, 2.75) is 0 Å². The largest absolute Gasteiger partial charge is 0.366 e. The van der Waals surface area contributed by atoms with E-state index in [9.17, 15) is 14.9 Å². The summed E-state index contributed by atoms with van der Waals surface area (Å²) in [5.41, 5.74) is 0. The van der Waals surface area contributed by atoms with Gasteiger partial charge in [0.2, 0.25) is 0 Å². The molecule has 0 aliphatic carbocycles. The van der Waals surface area contributed by atoms with Crippen LogP contribution in [0.3, 0.4) is 0 Å². The third kappa shape index (κ3) is 4.26. The number of carbonyl (C=O) groups excluding carboxylic acids is 1. The standard InChI is InChI=1S/C3H3NO5/c1-2-3(5)8-9-4(6)7/h2H,1H2. The zero-order valence-corrected chi connectivity index (χ0v) is 4.27. The van der Waals surface area contributed by atoms with Crippen molar-refractivity contribution in [1.29, 1.82) is 0 Å². The van der Waals surface area contributed by atoms with E-state index >= 15 is 0 Å². The van der Waals surface area contributed by atoms with E-state index < -0.39 is 11.1 Å². The lowest BCUT2D eigenvalue weighted by molar-refractivity contribution is -0.839. The third-order valence-electron chi connectivity index (χ3n) is 0.347. The average molecular weight is 133 g/mol. The summed E-state index contributed by atoms with van der Waals surface area (Å²) < 4.78 is 0. The van der Waals surface area contributed by atoms with E-state index in [0.717, 1.165) is 6.08 Å². The molecule has 0 aromatic carbocycles. The summed E-state index contributed by atoms with van der Waals surface area (Å²) in [7, 11) is 0. The molecule has 0 spiro atoms. The molecule has 0 N–H and O–H groups in total. The Hall–Kier alpha value is -1.59. The van der Waals surface area contributed by atoms with Gasteiger partial charge >= 0.3 is 11.1 Å². The highest BCUT2D eigenvalue weighted by atomic mass is 17.3. The van der Waals surface area contributed by atoms with E-state index in [-0.39, 0.29) is 0 Å². The predicted octanol–water partition coefficient (Wildman–Crippen LogP) is -0.161. The highest BCUT2D eigenvalue weighted by Gasteiger charge is 1.99. The summed E-state index contributed by atoms with van der Waals surface area (Å²) in [6.07, 6.45) is 0.740. The van der Waals surface area contributed by atoms with Crippen LogP contribution in [0.15, 0.2) is 12.7 Å². The van der Waals surface area contributed by atoms with Gasteiger partial charge < -0.3 is 0 Å². The van der Waals surface area contributed by atoms with Crippen molar-refractivity contribution < 1.29 is 19.8 Å². The van der Waals surface area contributed by atoms with Gasteiger partial charge in [0.05, 0.1) is 0 Å². The van der Waals surface area contributed by atoms with Crippen molar-refractivity contribution in [1.82, 2.24) is 0 Å². The molecule has 0 bridgehead atoms. The quantitative estimate of drug-likeness (QED) is 0.231. The van der Waals surface area contributed by atoms with E-state index in [2.05, 4.69) is 16.5 Å². The minimum absolute atomic E-state index is 0.740. The molecule has 6 heteroatoms. The summed E-state index contributed by atoms with van der Waals surface area (Å²) in [4.78, 5) is 25.9. The SMILES string of the molecule is C=CC(=O)OO[N+](=O)[O-]. The molecule has 50 valence electrons. The average Bonchev–Trinajstić information content (AvgIpc) is 1.83. The van der Waals surface area contributed by atoms with E-state index in [4.69, 9.17) is 0 Å². The number of hydrogen-bond acceptors (Lipinski definition) is 5. The van der Waals surface area contributed by atoms with Crippen molar-refractivity contribution >= 4 is 5.97 Å². The van der Waals surface area contributed by atoms with Crippen LogP contribution >= 0.6 is 0 Å². The van der Waals surface area contributed by atoms with Crippen molar-refractivity contribution in [2.24, 2.45) is 0 Å². The van der Waals surface area contributed by atoms with E-state index in [0.29, 0.717) is 0 Å². The molecule has 0 saturated carbocycles. The van der Waals surface area contributed by atoms with Gasteiger partial charge in [-0.3, -0.25) is 4.89 Å². The molecular formula is C3H3NO5. The molecule has 0 fully saturated rings. The Morgan fingerprint density at radius 1 is 1.78 bits per heavy atom. The van der Waals surface area contributed by atoms with Crippen LogP contribution in [0, 0.1) is 10.1 Å². The van der Waals surface area contributed by atoms with Crippen LogP contribution < -0.4 is 0 Å². The minimum atomic E-state index is -1.25. The van der Waals surface area contributed by atoms with Crippen LogP contribution in [0.2, 0.25) is 0 Å². The second-order valence-electron chi connectivity index (χ2n) is 0.905. The van der Waals surface area contributed by atoms with Crippen LogP contribution in [0.25, 0.3) is 0 Å². The second-order valence-corrected chi connectivity index (χ2v) is 0.905. The van der Waals surface area contributed by atoms with Crippen LogP contribution in [0.4, 0.5) is 0 Å². The van der Waals surface area contributed by atoms with Crippen molar-refractivity contribution in [3.63, 3.8) is 0 Å². The van der Waals surface area contributed by atoms with Crippen molar-refractivity contribution in [2.75, 3.05) is 0 Å². The molecule has 6 nitrogen and oxygen atoms in total. The smallest absolute Gasteiger partial charge is 0.256 e. The lowest BCUT2D eigenvalue weighted by Gasteiger charge is -1.90. The topological polar surface area (TPSA) is 78.7 Å². The molecule has 0 heterocycles. The zero-order chi connectivity index (χ0) is 7.28. The number of hydrogen-bond donors (Lipinski definition) is 0. The first-order valence-corrected chi connectivity index (χ1v) is 1.82. The van der Waals surface area contributed by atoms with Gasteiger partial charge in [-0.15, -0.1) is 10.1 Å². The summed E-state index contributed by atoms with van der Waals surface area (Å²) in [5.74, 6) is -1.01. The van der Waals surface area contributed by atoms with Crippen LogP contribution in [-0.4, -0.2) is 11.1 Å². The first-order chi connectivity index (χ1) is 4.16. The molecule has 0 radical (unpaired) electrons. The maximum atomic E-state index is 9.95. The molecule has 0 aliphatic heterocycles. The molecule has 0 aromatic rings. The van der Waals surface area contributed by atoms with Gasteiger partial charge in [-0.05, 0) is 0 Å². The van der Waals surface area contributed by atoms with E-state index in [1.807, 2.05) is 0 Å². The second kappa shape index (κ2) is 3.42. The Bertz CT molecular complexity index is 141. The summed E-state index contributed by atoms with van der Waals surface area (Å²) in [6, 6.07) is 0. The van der Waals surface area contributed by atoms with Gasteiger partial charge in [0.25, 0.3) is 0 Å². The number of rotatable bonds is 3. The first kappa shape index (κ1) is 7.41. The van der Waals surface area contributed by atoms with Crippen molar-refractivity contribution in [3.8, 4) is 0 Å². The maximum Gasteiger partial charge on any atom is 0.366 e. The van der Waals surface area contributed by atoms with Gasteiger partial charge in [-0.2, -0.15) is 0 Å². The molecule has 0 unspecified atom stereocenters. The number of carbonyl (C=O) groups is 1. The lowest BCUT2D eigenvalue weighted by Crippen LogP contribution is -2.06. The molecule has 0 aromatic heterocycles. The monoisotopic (exact) mass is 133 g/mol. The Labute approximate surface area is 49.7 Å². The highest BCUT2D eigenvalue weighted by molar-refractivity contribution is 5.80. The number of nitrogens with zero attached hydrogens (tertiary/aromatic N) is 1. The summed E-state index contributed by atoms with van der Waals surface area (Å²) >= 11 is 0. The lowest BCUT2D eigenvalue weighted by atomic mass is 10.7. The van der Waals surface area contributed by atoms with Gasteiger partial charge in [0.1, 0.15) is 0 Å². The Balaban J connectivity index is 3.39. The van der Waals surface area contributed by atoms with E-state index in [1.54, 1.807) is 0 Å². The molecule has 0 atom stereocenters. The van der Waals surface area contributed by atoms with Crippen LogP contribution in [0.5, 0.6) is 0 Å². The zero-order valence-electron chi connectivity index (χ0n) is 4.27. The predicted molar refractivity (Wildman–Crippen MR) is 24.4 cm³/mol.